The van der Waals surface area contributed by atoms with E-state index < -0.39 is 0 Å². The van der Waals surface area contributed by atoms with Crippen molar-refractivity contribution in [3.8, 4) is 0 Å². The lowest BCUT2D eigenvalue weighted by Gasteiger charge is -2.21. The van der Waals surface area contributed by atoms with Gasteiger partial charge in [0.15, 0.2) is 0 Å². The molecule has 0 heterocycles. The van der Waals surface area contributed by atoms with Crippen LogP contribution in [0.25, 0.3) is 0 Å². The van der Waals surface area contributed by atoms with E-state index >= 15 is 0 Å². The Morgan fingerprint density at radius 3 is 2.56 bits per heavy atom. The van der Waals surface area contributed by atoms with Crippen molar-refractivity contribution in [3.63, 3.8) is 0 Å². The van der Waals surface area contributed by atoms with Gasteiger partial charge in [0.05, 0.1) is 17.2 Å². The summed E-state index contributed by atoms with van der Waals surface area (Å²) in [7, 11) is 1.38. The summed E-state index contributed by atoms with van der Waals surface area (Å²) in [6.07, 6.45) is 0.833. The van der Waals surface area contributed by atoms with Crippen LogP contribution in [-0.4, -0.2) is 19.1 Å². The predicted molar refractivity (Wildman–Crippen MR) is 74.1 cm³/mol. The average molecular weight is 290 g/mol. The van der Waals surface area contributed by atoms with E-state index in [4.69, 9.17) is 23.2 Å². The van der Waals surface area contributed by atoms with Crippen LogP contribution >= 0.6 is 23.2 Å². The predicted octanol–water partition coefficient (Wildman–Crippen LogP) is 3.60. The molecule has 5 heteroatoms. The molecule has 18 heavy (non-hydrogen) atoms. The fourth-order valence-corrected chi connectivity index (χ4v) is 2.03. The van der Waals surface area contributed by atoms with Crippen LogP contribution in [0.15, 0.2) is 18.2 Å². The summed E-state index contributed by atoms with van der Waals surface area (Å²) in [5.74, 6) is -0.284. The number of rotatable bonds is 5. The summed E-state index contributed by atoms with van der Waals surface area (Å²) in [6, 6.07) is 5.14. The topological polar surface area (TPSA) is 38.3 Å². The van der Waals surface area contributed by atoms with E-state index in [0.29, 0.717) is 10.0 Å². The minimum atomic E-state index is -0.366. The third-order valence-electron chi connectivity index (χ3n) is 2.76. The highest BCUT2D eigenvalue weighted by molar-refractivity contribution is 6.42. The largest absolute Gasteiger partial charge is 0.468 e. The zero-order valence-corrected chi connectivity index (χ0v) is 12.2. The van der Waals surface area contributed by atoms with Crippen LogP contribution in [0.3, 0.4) is 0 Å². The second-order valence-corrected chi connectivity index (χ2v) is 4.86. The van der Waals surface area contributed by atoms with Gasteiger partial charge >= 0.3 is 5.97 Å². The molecule has 100 valence electrons. The van der Waals surface area contributed by atoms with E-state index in [1.54, 1.807) is 13.0 Å². The Labute approximate surface area is 117 Å². The van der Waals surface area contributed by atoms with Gasteiger partial charge in [0.1, 0.15) is 6.04 Å². The Hall–Kier alpha value is -0.770. The Bertz CT molecular complexity index is 423. The Kier molecular flexibility index (Phi) is 5.93. The van der Waals surface area contributed by atoms with Gasteiger partial charge in [0.2, 0.25) is 0 Å². The lowest BCUT2D eigenvalue weighted by atomic mass is 10.0. The highest BCUT2D eigenvalue weighted by atomic mass is 35.5. The normalized spacial score (nSPS) is 14.1. The van der Waals surface area contributed by atoms with Crippen LogP contribution in [0.2, 0.25) is 10.0 Å². The molecule has 1 N–H and O–H groups in total. The standard InChI is InChI=1S/C13H17Cl2NO2/c1-4-12(16-8(2)13(17)18-3)9-5-6-10(14)11(15)7-9/h5-8,12,16H,4H2,1-3H3/t8-,12?/m1/s1. The number of halogens is 2. The first-order valence-electron chi connectivity index (χ1n) is 5.78. The van der Waals surface area contributed by atoms with Gasteiger partial charge in [-0.1, -0.05) is 36.2 Å². The van der Waals surface area contributed by atoms with Crippen LogP contribution in [0, 0.1) is 0 Å². The molecule has 0 aliphatic carbocycles. The maximum absolute atomic E-state index is 11.4. The van der Waals surface area contributed by atoms with Crippen LogP contribution < -0.4 is 5.32 Å². The summed E-state index contributed by atoms with van der Waals surface area (Å²) < 4.78 is 4.69. The Morgan fingerprint density at radius 2 is 2.06 bits per heavy atom. The quantitative estimate of drug-likeness (QED) is 0.842. The molecule has 0 aliphatic heterocycles. The number of hydrogen-bond donors (Lipinski definition) is 1. The molecule has 1 rings (SSSR count). The molecule has 0 amide bonds. The first-order valence-corrected chi connectivity index (χ1v) is 6.54. The minimum absolute atomic E-state index is 0.0360. The first-order chi connectivity index (χ1) is 8.49. The zero-order valence-electron chi connectivity index (χ0n) is 10.7. The van der Waals surface area contributed by atoms with E-state index in [2.05, 4.69) is 10.1 Å². The molecule has 0 saturated heterocycles. The number of carbonyl (C=O) groups excluding carboxylic acids is 1. The van der Waals surface area contributed by atoms with Crippen molar-refractivity contribution in [1.82, 2.24) is 5.32 Å². The third kappa shape index (κ3) is 3.87. The summed E-state index contributed by atoms with van der Waals surface area (Å²) in [6.45, 7) is 3.80. The molecule has 3 nitrogen and oxygen atoms in total. The summed E-state index contributed by atoms with van der Waals surface area (Å²) in [5, 5.41) is 4.24. The fraction of sp³-hybridized carbons (Fsp3) is 0.462. The molecule has 2 atom stereocenters. The average Bonchev–Trinajstić information content (AvgIpc) is 2.38. The monoisotopic (exact) mass is 289 g/mol. The Morgan fingerprint density at radius 1 is 1.39 bits per heavy atom. The van der Waals surface area contributed by atoms with E-state index in [0.717, 1.165) is 12.0 Å². The molecule has 0 saturated carbocycles. The van der Waals surface area contributed by atoms with Crippen molar-refractivity contribution in [3.05, 3.63) is 33.8 Å². The van der Waals surface area contributed by atoms with E-state index in [9.17, 15) is 4.79 Å². The van der Waals surface area contributed by atoms with Crippen LogP contribution in [-0.2, 0) is 9.53 Å². The van der Waals surface area contributed by atoms with Crippen molar-refractivity contribution in [2.45, 2.75) is 32.4 Å². The first kappa shape index (κ1) is 15.3. The van der Waals surface area contributed by atoms with Crippen LogP contribution in [0.4, 0.5) is 0 Å². The maximum Gasteiger partial charge on any atom is 0.322 e. The zero-order chi connectivity index (χ0) is 13.7. The van der Waals surface area contributed by atoms with Crippen molar-refractivity contribution in [2.75, 3.05) is 7.11 Å². The summed E-state index contributed by atoms with van der Waals surface area (Å²) in [5.41, 5.74) is 1.00. The van der Waals surface area contributed by atoms with Gasteiger partial charge in [-0.15, -0.1) is 0 Å². The smallest absolute Gasteiger partial charge is 0.322 e. The number of esters is 1. The maximum atomic E-state index is 11.4. The van der Waals surface area contributed by atoms with E-state index in [1.165, 1.54) is 7.11 Å². The summed E-state index contributed by atoms with van der Waals surface area (Å²) in [4.78, 5) is 11.4. The summed E-state index contributed by atoms with van der Waals surface area (Å²) >= 11 is 11.9. The van der Waals surface area contributed by atoms with Crippen molar-refractivity contribution in [1.29, 1.82) is 0 Å². The molecule has 1 aromatic carbocycles. The highest BCUT2D eigenvalue weighted by Crippen LogP contribution is 2.27. The lowest BCUT2D eigenvalue weighted by molar-refractivity contribution is -0.142. The SMILES string of the molecule is CCC(N[C@H](C)C(=O)OC)c1ccc(Cl)c(Cl)c1. The van der Waals surface area contributed by atoms with Crippen LogP contribution in [0.5, 0.6) is 0 Å². The van der Waals surface area contributed by atoms with Crippen molar-refractivity contribution in [2.24, 2.45) is 0 Å². The number of hydrogen-bond acceptors (Lipinski definition) is 3. The third-order valence-corrected chi connectivity index (χ3v) is 3.50. The lowest BCUT2D eigenvalue weighted by Crippen LogP contribution is -2.37. The van der Waals surface area contributed by atoms with Crippen molar-refractivity contribution < 1.29 is 9.53 Å². The molecular formula is C13H17Cl2NO2. The molecule has 0 spiro atoms. The fourth-order valence-electron chi connectivity index (χ4n) is 1.73. The Balaban J connectivity index is 2.82. The number of benzene rings is 1. The number of nitrogens with one attached hydrogen (secondary N) is 1. The minimum Gasteiger partial charge on any atom is -0.468 e. The van der Waals surface area contributed by atoms with E-state index in [-0.39, 0.29) is 18.1 Å². The molecule has 0 aromatic heterocycles. The number of carbonyl (C=O) groups is 1. The molecule has 1 unspecified atom stereocenters. The second kappa shape index (κ2) is 6.98. The van der Waals surface area contributed by atoms with Gasteiger partial charge in [-0.25, -0.2) is 0 Å². The van der Waals surface area contributed by atoms with Gasteiger partial charge in [0.25, 0.3) is 0 Å². The van der Waals surface area contributed by atoms with Crippen molar-refractivity contribution >= 4 is 29.2 Å². The number of ether oxygens (including phenoxy) is 1. The van der Waals surface area contributed by atoms with Gasteiger partial charge in [-0.2, -0.15) is 0 Å². The van der Waals surface area contributed by atoms with Gasteiger partial charge in [0, 0.05) is 6.04 Å². The van der Waals surface area contributed by atoms with Gasteiger partial charge < -0.3 is 4.74 Å². The second-order valence-electron chi connectivity index (χ2n) is 4.05. The molecule has 0 radical (unpaired) electrons. The van der Waals surface area contributed by atoms with Gasteiger partial charge in [-0.3, -0.25) is 10.1 Å². The number of methoxy groups -OCH3 is 1. The van der Waals surface area contributed by atoms with Crippen LogP contribution in [0.1, 0.15) is 31.9 Å². The van der Waals surface area contributed by atoms with E-state index in [1.807, 2.05) is 19.1 Å². The molecule has 0 bridgehead atoms. The molecule has 1 aromatic rings. The van der Waals surface area contributed by atoms with Gasteiger partial charge in [-0.05, 0) is 31.0 Å². The molecule has 0 aliphatic rings. The molecular weight excluding hydrogens is 273 g/mol. The molecule has 0 fully saturated rings. The highest BCUT2D eigenvalue weighted by Gasteiger charge is 2.18.